The third kappa shape index (κ3) is 2.86. The van der Waals surface area contributed by atoms with Crippen molar-refractivity contribution in [3.05, 3.63) is 65.6 Å². The van der Waals surface area contributed by atoms with Gasteiger partial charge in [0.25, 0.3) is 0 Å². The largest absolute Gasteiger partial charge is 0.307 e. The zero-order valence-corrected chi connectivity index (χ0v) is 12.4. The maximum atomic E-state index is 4.57. The summed E-state index contributed by atoms with van der Waals surface area (Å²) >= 11 is 1.66. The molecule has 102 valence electrons. The number of fused-ring (bicyclic) bond motifs is 1. The summed E-state index contributed by atoms with van der Waals surface area (Å²) in [5.41, 5.74) is 4.64. The first-order valence-electron chi connectivity index (χ1n) is 6.62. The molecule has 1 N–H and O–H groups in total. The van der Waals surface area contributed by atoms with Crippen molar-refractivity contribution in [2.75, 3.05) is 0 Å². The monoisotopic (exact) mass is 283 g/mol. The Hall–Kier alpha value is -1.78. The van der Waals surface area contributed by atoms with Gasteiger partial charge in [-0.25, -0.2) is 4.98 Å². The molecule has 0 amide bonds. The Kier molecular flexibility index (Phi) is 3.76. The molecule has 3 rings (SSSR count). The highest BCUT2D eigenvalue weighted by atomic mass is 32.2. The topological polar surface area (TPSA) is 29.3 Å². The fourth-order valence-corrected chi connectivity index (χ4v) is 2.91. The van der Waals surface area contributed by atoms with Crippen LogP contribution in [0.25, 0.3) is 5.65 Å². The van der Waals surface area contributed by atoms with E-state index in [1.54, 1.807) is 11.9 Å². The van der Waals surface area contributed by atoms with Gasteiger partial charge in [0.05, 0.1) is 12.2 Å². The van der Waals surface area contributed by atoms with Crippen molar-refractivity contribution in [2.24, 2.45) is 0 Å². The average molecular weight is 283 g/mol. The lowest BCUT2D eigenvalue weighted by Crippen LogP contribution is -2.03. The highest BCUT2D eigenvalue weighted by Gasteiger charge is 2.02. The van der Waals surface area contributed by atoms with Crippen LogP contribution < -0.4 is 4.72 Å². The number of pyridine rings is 1. The number of benzene rings is 1. The second-order valence-corrected chi connectivity index (χ2v) is 5.82. The van der Waals surface area contributed by atoms with Gasteiger partial charge < -0.3 is 4.40 Å². The summed E-state index contributed by atoms with van der Waals surface area (Å²) in [6.07, 6.45) is 4.08. The molecule has 3 aromatic rings. The fourth-order valence-electron chi connectivity index (χ4n) is 2.17. The van der Waals surface area contributed by atoms with E-state index in [1.807, 2.05) is 28.8 Å². The molecule has 0 fully saturated rings. The minimum Gasteiger partial charge on any atom is -0.307 e. The van der Waals surface area contributed by atoms with Crippen molar-refractivity contribution >= 4 is 17.6 Å². The minimum absolute atomic E-state index is 0.750. The van der Waals surface area contributed by atoms with E-state index in [9.17, 15) is 0 Å². The quantitative estimate of drug-likeness (QED) is 0.739. The van der Waals surface area contributed by atoms with Crippen molar-refractivity contribution in [1.82, 2.24) is 14.1 Å². The van der Waals surface area contributed by atoms with Gasteiger partial charge in [0.1, 0.15) is 5.65 Å². The van der Waals surface area contributed by atoms with Gasteiger partial charge in [-0.1, -0.05) is 23.8 Å². The number of imidazole rings is 1. The molecular formula is C16H17N3S. The molecule has 3 nitrogen and oxygen atoms in total. The lowest BCUT2D eigenvalue weighted by atomic mass is 10.2. The number of nitrogens with zero attached hydrogens (tertiary/aromatic N) is 2. The Balaban J connectivity index is 1.64. The maximum absolute atomic E-state index is 4.57. The van der Waals surface area contributed by atoms with Crippen molar-refractivity contribution in [3.8, 4) is 0 Å². The highest BCUT2D eigenvalue weighted by molar-refractivity contribution is 7.97. The summed E-state index contributed by atoms with van der Waals surface area (Å²) in [7, 11) is 0. The summed E-state index contributed by atoms with van der Waals surface area (Å²) in [6.45, 7) is 5.01. The Morgan fingerprint density at radius 1 is 1.20 bits per heavy atom. The Bertz CT molecular complexity index is 700. The Morgan fingerprint density at radius 2 is 2.10 bits per heavy atom. The number of rotatable bonds is 4. The van der Waals surface area contributed by atoms with E-state index in [1.165, 1.54) is 16.0 Å². The molecule has 0 saturated heterocycles. The Labute approximate surface area is 123 Å². The van der Waals surface area contributed by atoms with E-state index in [0.29, 0.717) is 0 Å². The van der Waals surface area contributed by atoms with Crippen LogP contribution >= 0.6 is 11.9 Å². The third-order valence-electron chi connectivity index (χ3n) is 3.18. The van der Waals surface area contributed by atoms with Crippen molar-refractivity contribution in [2.45, 2.75) is 25.3 Å². The van der Waals surface area contributed by atoms with Crippen molar-refractivity contribution in [1.29, 1.82) is 0 Å². The molecule has 0 aliphatic rings. The smallest absolute Gasteiger partial charge is 0.137 e. The first-order chi connectivity index (χ1) is 9.72. The summed E-state index contributed by atoms with van der Waals surface area (Å²) in [5, 5.41) is 0. The molecule has 0 radical (unpaired) electrons. The normalized spacial score (nSPS) is 11.1. The molecule has 0 spiro atoms. The van der Waals surface area contributed by atoms with Crippen LogP contribution in [-0.4, -0.2) is 9.38 Å². The predicted molar refractivity (Wildman–Crippen MR) is 83.8 cm³/mol. The van der Waals surface area contributed by atoms with Crippen LogP contribution in [0.3, 0.4) is 0 Å². The summed E-state index contributed by atoms with van der Waals surface area (Å²) in [6, 6.07) is 12.5. The Morgan fingerprint density at radius 3 is 2.90 bits per heavy atom. The summed E-state index contributed by atoms with van der Waals surface area (Å²) in [4.78, 5) is 5.83. The number of nitrogens with one attached hydrogen (secondary N) is 1. The van der Waals surface area contributed by atoms with Gasteiger partial charge in [-0.05, 0) is 49.6 Å². The van der Waals surface area contributed by atoms with Crippen LogP contribution in [0, 0.1) is 13.8 Å². The molecular weight excluding hydrogens is 266 g/mol. The maximum Gasteiger partial charge on any atom is 0.137 e. The third-order valence-corrected chi connectivity index (χ3v) is 4.15. The summed E-state index contributed by atoms with van der Waals surface area (Å²) in [5.74, 6) is 0. The van der Waals surface area contributed by atoms with Gasteiger partial charge >= 0.3 is 0 Å². The van der Waals surface area contributed by atoms with E-state index < -0.39 is 0 Å². The van der Waals surface area contributed by atoms with Crippen molar-refractivity contribution in [3.63, 3.8) is 0 Å². The van der Waals surface area contributed by atoms with Crippen LogP contribution in [0.5, 0.6) is 0 Å². The van der Waals surface area contributed by atoms with Gasteiger partial charge in [0, 0.05) is 17.3 Å². The van der Waals surface area contributed by atoms with E-state index in [4.69, 9.17) is 0 Å². The van der Waals surface area contributed by atoms with Gasteiger partial charge in [0.15, 0.2) is 0 Å². The SMILES string of the molecule is Cc1ccc(SNCc2cn3ccccc3n2)c(C)c1. The number of aryl methyl sites for hydroxylation is 2. The zero-order valence-electron chi connectivity index (χ0n) is 11.6. The van der Waals surface area contributed by atoms with Gasteiger partial charge in [0.2, 0.25) is 0 Å². The second kappa shape index (κ2) is 5.69. The van der Waals surface area contributed by atoms with Gasteiger partial charge in [-0.2, -0.15) is 0 Å². The second-order valence-electron chi connectivity index (χ2n) is 4.89. The first kappa shape index (κ1) is 13.2. The molecule has 0 aliphatic heterocycles. The van der Waals surface area contributed by atoms with Gasteiger partial charge in [-0.3, -0.25) is 4.72 Å². The van der Waals surface area contributed by atoms with E-state index in [2.05, 4.69) is 47.9 Å². The van der Waals surface area contributed by atoms with Crippen LogP contribution in [0.4, 0.5) is 0 Å². The summed E-state index contributed by atoms with van der Waals surface area (Å²) < 4.78 is 5.42. The zero-order chi connectivity index (χ0) is 13.9. The number of aromatic nitrogens is 2. The number of hydrogen-bond acceptors (Lipinski definition) is 3. The highest BCUT2D eigenvalue weighted by Crippen LogP contribution is 2.21. The van der Waals surface area contributed by atoms with Crippen molar-refractivity contribution < 1.29 is 0 Å². The predicted octanol–water partition coefficient (Wildman–Crippen LogP) is 3.75. The standard InChI is InChI=1S/C16H17N3S/c1-12-6-7-15(13(2)9-12)20-17-10-14-11-19-8-4-3-5-16(19)18-14/h3-9,11,17H,10H2,1-2H3. The lowest BCUT2D eigenvalue weighted by molar-refractivity contribution is 0.935. The minimum atomic E-state index is 0.750. The van der Waals surface area contributed by atoms with E-state index in [-0.39, 0.29) is 0 Å². The van der Waals surface area contributed by atoms with E-state index >= 15 is 0 Å². The van der Waals surface area contributed by atoms with E-state index in [0.717, 1.165) is 17.9 Å². The number of hydrogen-bond donors (Lipinski definition) is 1. The molecule has 0 aliphatic carbocycles. The first-order valence-corrected chi connectivity index (χ1v) is 7.43. The van der Waals surface area contributed by atoms with Crippen LogP contribution in [0.2, 0.25) is 0 Å². The molecule has 2 aromatic heterocycles. The molecule has 2 heterocycles. The fraction of sp³-hybridized carbons (Fsp3) is 0.188. The molecule has 1 aromatic carbocycles. The lowest BCUT2D eigenvalue weighted by Gasteiger charge is -2.06. The molecule has 20 heavy (non-hydrogen) atoms. The average Bonchev–Trinajstić information content (AvgIpc) is 2.84. The molecule has 0 unspecified atom stereocenters. The van der Waals surface area contributed by atoms with Gasteiger partial charge in [-0.15, -0.1) is 0 Å². The van der Waals surface area contributed by atoms with Crippen LogP contribution in [0.1, 0.15) is 16.8 Å². The molecule has 4 heteroatoms. The molecule has 0 atom stereocenters. The molecule has 0 bridgehead atoms. The van der Waals surface area contributed by atoms with Crippen LogP contribution in [0.15, 0.2) is 53.7 Å². The van der Waals surface area contributed by atoms with Crippen LogP contribution in [-0.2, 0) is 6.54 Å². The molecule has 0 saturated carbocycles.